The quantitative estimate of drug-likeness (QED) is 0.482. The van der Waals surface area contributed by atoms with E-state index in [0.29, 0.717) is 11.0 Å². The highest BCUT2D eigenvalue weighted by molar-refractivity contribution is 7.71. The Morgan fingerprint density at radius 1 is 1.23 bits per heavy atom. The summed E-state index contributed by atoms with van der Waals surface area (Å²) in [5.74, 6) is -0.700. The van der Waals surface area contributed by atoms with Crippen molar-refractivity contribution in [3.05, 3.63) is 78.4 Å². The number of nitrogens with two attached hydrogens (primary N) is 1. The molecule has 0 aliphatic carbocycles. The summed E-state index contributed by atoms with van der Waals surface area (Å²) in [7, 11) is 0. The summed E-state index contributed by atoms with van der Waals surface area (Å²) in [6.07, 6.45) is 1.26. The first-order chi connectivity index (χ1) is 12.5. The molecule has 0 spiro atoms. The van der Waals surface area contributed by atoms with Crippen LogP contribution in [0.1, 0.15) is 17.0 Å². The second-order valence-corrected chi connectivity index (χ2v) is 6.12. The molecule has 3 heterocycles. The zero-order valence-corrected chi connectivity index (χ0v) is 13.9. The molecule has 1 unspecified atom stereocenters. The highest BCUT2D eigenvalue weighted by Crippen LogP contribution is 2.36. The number of nitriles is 1. The number of allylic oxidation sites excluding steroid dienone is 1. The summed E-state index contributed by atoms with van der Waals surface area (Å²) in [4.78, 5) is 30.8. The lowest BCUT2D eigenvalue weighted by Crippen LogP contribution is -2.32. The number of fused-ring (bicyclic) bond motifs is 2. The van der Waals surface area contributed by atoms with E-state index in [-0.39, 0.29) is 38.5 Å². The molecule has 26 heavy (non-hydrogen) atoms. The maximum atomic E-state index is 13.0. The van der Waals surface area contributed by atoms with Gasteiger partial charge in [-0.2, -0.15) is 5.26 Å². The predicted molar refractivity (Wildman–Crippen MR) is 97.0 cm³/mol. The number of anilines is 1. The first kappa shape index (κ1) is 15.9. The van der Waals surface area contributed by atoms with Crippen LogP contribution < -0.4 is 22.0 Å². The van der Waals surface area contributed by atoms with Crippen LogP contribution in [0.5, 0.6) is 0 Å². The van der Waals surface area contributed by atoms with Crippen molar-refractivity contribution < 1.29 is 4.42 Å². The van der Waals surface area contributed by atoms with Crippen molar-refractivity contribution in [3.63, 3.8) is 0 Å². The summed E-state index contributed by atoms with van der Waals surface area (Å²) < 4.78 is 5.64. The van der Waals surface area contributed by atoms with Gasteiger partial charge in [-0.25, -0.2) is 0 Å². The van der Waals surface area contributed by atoms with Crippen LogP contribution in [0.15, 0.2) is 55.9 Å². The van der Waals surface area contributed by atoms with Crippen LogP contribution in [0.2, 0.25) is 0 Å². The van der Waals surface area contributed by atoms with Crippen LogP contribution in [0.4, 0.5) is 5.82 Å². The van der Waals surface area contributed by atoms with Crippen LogP contribution in [-0.2, 0) is 0 Å². The van der Waals surface area contributed by atoms with Gasteiger partial charge in [-0.05, 0) is 24.4 Å². The first-order valence-corrected chi connectivity index (χ1v) is 7.95. The van der Waals surface area contributed by atoms with Crippen LogP contribution in [0.3, 0.4) is 0 Å². The number of rotatable bonds is 1. The van der Waals surface area contributed by atoms with E-state index in [0.717, 1.165) is 0 Å². The maximum absolute atomic E-state index is 13.0. The fraction of sp³-hybridized carbons (Fsp3) is 0.0588. The van der Waals surface area contributed by atoms with Gasteiger partial charge in [0.25, 0.3) is 5.56 Å². The van der Waals surface area contributed by atoms with Crippen molar-refractivity contribution in [1.82, 2.24) is 9.97 Å². The van der Waals surface area contributed by atoms with E-state index in [2.05, 4.69) is 15.3 Å². The lowest BCUT2D eigenvalue weighted by Gasteiger charge is -2.25. The van der Waals surface area contributed by atoms with Crippen molar-refractivity contribution in [2.24, 2.45) is 5.73 Å². The summed E-state index contributed by atoms with van der Waals surface area (Å²) in [5, 5.41) is 12.7. The minimum Gasteiger partial charge on any atom is -0.464 e. The molecule has 0 bridgehead atoms. The molecule has 4 rings (SSSR count). The number of hydrogen-bond acceptors (Lipinski definition) is 7. The molecule has 8 nitrogen and oxygen atoms in total. The van der Waals surface area contributed by atoms with Gasteiger partial charge in [0.1, 0.15) is 17.2 Å². The zero-order valence-electron chi connectivity index (χ0n) is 13.1. The lowest BCUT2D eigenvalue weighted by atomic mass is 9.84. The first-order valence-electron chi connectivity index (χ1n) is 7.55. The predicted octanol–water partition coefficient (Wildman–Crippen LogP) is 1.79. The Labute approximate surface area is 150 Å². The Bertz CT molecular complexity index is 1310. The Morgan fingerprint density at radius 3 is 2.77 bits per heavy atom. The van der Waals surface area contributed by atoms with Gasteiger partial charge in [0.15, 0.2) is 10.2 Å². The molecule has 1 aliphatic rings. The minimum absolute atomic E-state index is 0.0359. The van der Waals surface area contributed by atoms with E-state index in [9.17, 15) is 14.9 Å². The molecule has 9 heteroatoms. The Hall–Kier alpha value is -3.64. The van der Waals surface area contributed by atoms with Crippen molar-refractivity contribution in [2.45, 2.75) is 5.92 Å². The molecule has 0 saturated heterocycles. The molecule has 1 aromatic carbocycles. The highest BCUT2D eigenvalue weighted by Gasteiger charge is 2.34. The monoisotopic (exact) mass is 365 g/mol. The third-order valence-electron chi connectivity index (χ3n) is 4.24. The second kappa shape index (κ2) is 5.72. The van der Waals surface area contributed by atoms with Gasteiger partial charge in [-0.15, -0.1) is 0 Å². The average molecular weight is 365 g/mol. The van der Waals surface area contributed by atoms with Gasteiger partial charge < -0.3 is 20.5 Å². The van der Waals surface area contributed by atoms with Crippen LogP contribution in [0, 0.1) is 16.1 Å². The topological polar surface area (TPSA) is 141 Å². The van der Waals surface area contributed by atoms with Crippen molar-refractivity contribution in [3.8, 4) is 6.07 Å². The Morgan fingerprint density at radius 2 is 2.00 bits per heavy atom. The van der Waals surface area contributed by atoms with Crippen molar-refractivity contribution in [1.29, 1.82) is 5.26 Å². The van der Waals surface area contributed by atoms with E-state index >= 15 is 0 Å². The third-order valence-corrected chi connectivity index (χ3v) is 4.45. The Kier molecular flexibility index (Phi) is 3.49. The largest absolute Gasteiger partial charge is 0.464 e. The lowest BCUT2D eigenvalue weighted by molar-refractivity contribution is 0.589. The van der Waals surface area contributed by atoms with Gasteiger partial charge in [0.2, 0.25) is 0 Å². The van der Waals surface area contributed by atoms with Gasteiger partial charge in [0, 0.05) is 5.56 Å². The maximum Gasteiger partial charge on any atom is 0.258 e. The molecular weight excluding hydrogens is 354 g/mol. The summed E-state index contributed by atoms with van der Waals surface area (Å²) >= 11 is 4.97. The van der Waals surface area contributed by atoms with E-state index in [1.54, 1.807) is 24.3 Å². The number of hydrogen-bond donors (Lipinski definition) is 4. The summed E-state index contributed by atoms with van der Waals surface area (Å²) in [6.45, 7) is 0. The van der Waals surface area contributed by atoms with Crippen LogP contribution >= 0.6 is 12.2 Å². The van der Waals surface area contributed by atoms with E-state index in [4.69, 9.17) is 22.4 Å². The number of benzene rings is 1. The smallest absolute Gasteiger partial charge is 0.258 e. The number of para-hydroxylation sites is 1. The molecule has 1 atom stereocenters. The third kappa shape index (κ3) is 2.24. The van der Waals surface area contributed by atoms with E-state index in [1.165, 1.54) is 6.26 Å². The van der Waals surface area contributed by atoms with Crippen LogP contribution in [0.25, 0.3) is 11.0 Å². The Balaban J connectivity index is 2.10. The number of H-pyrrole nitrogens is 2. The molecule has 3 aromatic rings. The second-order valence-electron chi connectivity index (χ2n) is 5.71. The van der Waals surface area contributed by atoms with Crippen molar-refractivity contribution >= 4 is 29.0 Å². The van der Waals surface area contributed by atoms with Crippen LogP contribution in [-0.4, -0.2) is 9.97 Å². The number of aromatic nitrogens is 2. The normalized spacial score (nSPS) is 16.0. The molecule has 128 valence electrons. The van der Waals surface area contributed by atoms with Crippen molar-refractivity contribution in [2.75, 3.05) is 5.32 Å². The standard InChI is InChI=1S/C17H11N5O3S/c18-5-8-11(9-6-25-10-4-2-1-3-7(10)13(9)23)12-15(20-14(8)19)21-17(26)22-16(12)24/h1-4,6,11H,19H2,(H3,20,21,22,24,26). The fourth-order valence-corrected chi connectivity index (χ4v) is 3.29. The molecule has 1 aliphatic heterocycles. The van der Waals surface area contributed by atoms with Gasteiger partial charge in [-0.1, -0.05) is 12.1 Å². The highest BCUT2D eigenvalue weighted by atomic mass is 32.1. The molecule has 0 amide bonds. The van der Waals surface area contributed by atoms with Gasteiger partial charge in [0.05, 0.1) is 34.8 Å². The molecular formula is C17H11N5O3S. The van der Waals surface area contributed by atoms with E-state index in [1.807, 2.05) is 6.07 Å². The summed E-state index contributed by atoms with van der Waals surface area (Å²) in [5.41, 5.74) is 5.83. The van der Waals surface area contributed by atoms with Gasteiger partial charge in [-0.3, -0.25) is 14.6 Å². The van der Waals surface area contributed by atoms with Gasteiger partial charge >= 0.3 is 0 Å². The molecule has 0 radical (unpaired) electrons. The number of nitrogens with one attached hydrogen (secondary N) is 3. The summed E-state index contributed by atoms with van der Waals surface area (Å²) in [6, 6.07) is 8.71. The SMILES string of the molecule is N#CC1=C(N)Nc2[nH]c(=S)[nH]c(=O)c2C1c1coc2ccccc2c1=O. The van der Waals surface area contributed by atoms with E-state index < -0.39 is 11.5 Å². The minimum atomic E-state index is -0.979. The average Bonchev–Trinajstić information content (AvgIpc) is 2.61. The molecule has 2 aromatic heterocycles. The molecule has 0 fully saturated rings. The molecule has 0 saturated carbocycles. The fourth-order valence-electron chi connectivity index (χ4n) is 3.10. The number of aromatic amines is 2. The number of nitrogens with zero attached hydrogens (tertiary/aromatic N) is 1. The molecule has 5 N–H and O–H groups in total. The zero-order chi connectivity index (χ0) is 18.4.